The SMILES string of the molecule is Brc1cc(CNCCC2CCCC2)oc1Br. The lowest BCUT2D eigenvalue weighted by Crippen LogP contribution is -2.16. The van der Waals surface area contributed by atoms with Gasteiger partial charge in [0.05, 0.1) is 11.0 Å². The predicted molar refractivity (Wildman–Crippen MR) is 72.4 cm³/mol. The number of halogens is 2. The molecule has 0 aliphatic heterocycles. The summed E-state index contributed by atoms with van der Waals surface area (Å²) in [4.78, 5) is 0. The summed E-state index contributed by atoms with van der Waals surface area (Å²) in [6, 6.07) is 2.01. The highest BCUT2D eigenvalue weighted by Crippen LogP contribution is 2.28. The van der Waals surface area contributed by atoms with Crippen LogP contribution in [-0.4, -0.2) is 6.54 Å². The summed E-state index contributed by atoms with van der Waals surface area (Å²) in [7, 11) is 0. The van der Waals surface area contributed by atoms with Crippen molar-refractivity contribution in [3.8, 4) is 0 Å². The lowest BCUT2D eigenvalue weighted by Gasteiger charge is -2.08. The molecule has 2 rings (SSSR count). The average Bonchev–Trinajstić information content (AvgIpc) is 2.85. The van der Waals surface area contributed by atoms with Crippen LogP contribution in [0.15, 0.2) is 19.6 Å². The number of rotatable bonds is 5. The van der Waals surface area contributed by atoms with Crippen molar-refractivity contribution in [2.75, 3.05) is 6.54 Å². The summed E-state index contributed by atoms with van der Waals surface area (Å²) in [5.41, 5.74) is 0. The molecule has 4 heteroatoms. The molecule has 0 radical (unpaired) electrons. The summed E-state index contributed by atoms with van der Waals surface area (Å²) >= 11 is 6.75. The number of furan rings is 1. The zero-order chi connectivity index (χ0) is 11.4. The molecule has 0 spiro atoms. The van der Waals surface area contributed by atoms with Crippen molar-refractivity contribution < 1.29 is 4.42 Å². The number of hydrogen-bond donors (Lipinski definition) is 1. The van der Waals surface area contributed by atoms with E-state index >= 15 is 0 Å². The molecule has 16 heavy (non-hydrogen) atoms. The van der Waals surface area contributed by atoms with Crippen LogP contribution in [-0.2, 0) is 6.54 Å². The van der Waals surface area contributed by atoms with Gasteiger partial charge in [-0.1, -0.05) is 25.7 Å². The van der Waals surface area contributed by atoms with E-state index in [-0.39, 0.29) is 0 Å². The quantitative estimate of drug-likeness (QED) is 0.792. The predicted octanol–water partition coefficient (Wildman–Crippen LogP) is 4.47. The van der Waals surface area contributed by atoms with Crippen LogP contribution >= 0.6 is 31.9 Å². The third-order valence-electron chi connectivity index (χ3n) is 3.20. The molecule has 1 aliphatic rings. The van der Waals surface area contributed by atoms with Crippen molar-refractivity contribution in [3.63, 3.8) is 0 Å². The van der Waals surface area contributed by atoms with Crippen molar-refractivity contribution in [1.29, 1.82) is 0 Å². The van der Waals surface area contributed by atoms with E-state index in [1.54, 1.807) is 0 Å². The van der Waals surface area contributed by atoms with Crippen LogP contribution in [0.5, 0.6) is 0 Å². The van der Waals surface area contributed by atoms with Gasteiger partial charge in [0.2, 0.25) is 0 Å². The summed E-state index contributed by atoms with van der Waals surface area (Å²) in [6.07, 6.45) is 7.04. The zero-order valence-electron chi connectivity index (χ0n) is 9.27. The molecular weight excluding hydrogens is 334 g/mol. The van der Waals surface area contributed by atoms with Gasteiger partial charge < -0.3 is 9.73 Å². The Labute approximate surface area is 113 Å². The van der Waals surface area contributed by atoms with E-state index in [2.05, 4.69) is 37.2 Å². The molecule has 2 nitrogen and oxygen atoms in total. The van der Waals surface area contributed by atoms with Crippen LogP contribution in [0.2, 0.25) is 0 Å². The van der Waals surface area contributed by atoms with Crippen LogP contribution in [0.25, 0.3) is 0 Å². The smallest absolute Gasteiger partial charge is 0.183 e. The van der Waals surface area contributed by atoms with Crippen LogP contribution in [0.1, 0.15) is 37.9 Å². The number of hydrogen-bond acceptors (Lipinski definition) is 2. The Morgan fingerprint density at radius 1 is 1.31 bits per heavy atom. The first-order chi connectivity index (χ1) is 7.75. The van der Waals surface area contributed by atoms with Gasteiger partial charge in [0, 0.05) is 0 Å². The second kappa shape index (κ2) is 6.22. The molecule has 0 amide bonds. The van der Waals surface area contributed by atoms with Gasteiger partial charge >= 0.3 is 0 Å². The van der Waals surface area contributed by atoms with Gasteiger partial charge in [0.1, 0.15) is 5.76 Å². The summed E-state index contributed by atoms with van der Waals surface area (Å²) in [5.74, 6) is 1.94. The Bertz CT molecular complexity index is 312. The zero-order valence-corrected chi connectivity index (χ0v) is 12.4. The van der Waals surface area contributed by atoms with Crippen LogP contribution in [0, 0.1) is 5.92 Å². The highest BCUT2D eigenvalue weighted by molar-refractivity contribution is 9.13. The maximum atomic E-state index is 5.49. The Morgan fingerprint density at radius 3 is 2.69 bits per heavy atom. The van der Waals surface area contributed by atoms with Gasteiger partial charge in [0.25, 0.3) is 0 Å². The topological polar surface area (TPSA) is 25.2 Å². The van der Waals surface area contributed by atoms with Gasteiger partial charge in [0.15, 0.2) is 4.67 Å². The van der Waals surface area contributed by atoms with E-state index in [4.69, 9.17) is 4.42 Å². The van der Waals surface area contributed by atoms with Crippen LogP contribution in [0.4, 0.5) is 0 Å². The Hall–Kier alpha value is 0.200. The first kappa shape index (κ1) is 12.7. The molecule has 0 atom stereocenters. The monoisotopic (exact) mass is 349 g/mol. The molecule has 1 aliphatic carbocycles. The fourth-order valence-corrected chi connectivity index (χ4v) is 2.95. The van der Waals surface area contributed by atoms with Crippen molar-refractivity contribution in [2.24, 2.45) is 5.92 Å². The maximum Gasteiger partial charge on any atom is 0.183 e. The third-order valence-corrected chi connectivity index (χ3v) is 4.91. The van der Waals surface area contributed by atoms with Crippen molar-refractivity contribution in [1.82, 2.24) is 5.32 Å². The summed E-state index contributed by atoms with van der Waals surface area (Å²) in [6.45, 7) is 1.91. The minimum atomic E-state index is 0.778. The normalized spacial score (nSPS) is 17.1. The van der Waals surface area contributed by atoms with Gasteiger partial charge in [-0.25, -0.2) is 0 Å². The van der Waals surface area contributed by atoms with E-state index in [0.717, 1.165) is 33.9 Å². The first-order valence-electron chi connectivity index (χ1n) is 5.90. The summed E-state index contributed by atoms with van der Waals surface area (Å²) in [5, 5.41) is 3.43. The van der Waals surface area contributed by atoms with E-state index < -0.39 is 0 Å². The van der Waals surface area contributed by atoms with E-state index in [1.165, 1.54) is 32.1 Å². The maximum absolute atomic E-state index is 5.49. The van der Waals surface area contributed by atoms with E-state index in [9.17, 15) is 0 Å². The standard InChI is InChI=1S/C12H17Br2NO/c13-11-7-10(16-12(11)14)8-15-6-5-9-3-1-2-4-9/h7,9,15H,1-6,8H2. The fraction of sp³-hybridized carbons (Fsp3) is 0.667. The van der Waals surface area contributed by atoms with E-state index in [0.29, 0.717) is 0 Å². The molecule has 0 bridgehead atoms. The first-order valence-corrected chi connectivity index (χ1v) is 7.48. The lowest BCUT2D eigenvalue weighted by atomic mass is 10.0. The lowest BCUT2D eigenvalue weighted by molar-refractivity contribution is 0.438. The van der Waals surface area contributed by atoms with E-state index in [1.807, 2.05) is 6.07 Å². The number of nitrogens with one attached hydrogen (secondary N) is 1. The second-order valence-corrected chi connectivity index (χ2v) is 6.02. The third kappa shape index (κ3) is 3.60. The molecule has 90 valence electrons. The second-order valence-electron chi connectivity index (χ2n) is 4.45. The molecule has 1 fully saturated rings. The fourth-order valence-electron chi connectivity index (χ4n) is 2.30. The van der Waals surface area contributed by atoms with Crippen LogP contribution < -0.4 is 5.32 Å². The van der Waals surface area contributed by atoms with Crippen molar-refractivity contribution in [2.45, 2.75) is 38.6 Å². The van der Waals surface area contributed by atoms with Crippen LogP contribution in [0.3, 0.4) is 0 Å². The van der Waals surface area contributed by atoms with Gasteiger partial charge in [-0.3, -0.25) is 0 Å². The molecule has 1 aromatic rings. The minimum Gasteiger partial charge on any atom is -0.452 e. The van der Waals surface area contributed by atoms with Crippen molar-refractivity contribution >= 4 is 31.9 Å². The molecule has 1 saturated carbocycles. The highest BCUT2D eigenvalue weighted by Gasteiger charge is 2.14. The van der Waals surface area contributed by atoms with Crippen molar-refractivity contribution in [3.05, 3.63) is 21.0 Å². The Kier molecular flexibility index (Phi) is 4.92. The molecule has 1 aromatic heterocycles. The highest BCUT2D eigenvalue weighted by atomic mass is 79.9. The van der Waals surface area contributed by atoms with Gasteiger partial charge in [-0.15, -0.1) is 0 Å². The molecule has 0 aromatic carbocycles. The van der Waals surface area contributed by atoms with Gasteiger partial charge in [-0.05, 0) is 56.8 Å². The molecular formula is C12H17Br2NO. The minimum absolute atomic E-state index is 0.778. The Morgan fingerprint density at radius 2 is 2.06 bits per heavy atom. The molecule has 1 heterocycles. The average molecular weight is 351 g/mol. The molecule has 1 N–H and O–H groups in total. The molecule has 0 unspecified atom stereocenters. The summed E-state index contributed by atoms with van der Waals surface area (Å²) < 4.78 is 7.26. The Balaban J connectivity index is 1.64. The molecule has 0 saturated heterocycles. The van der Waals surface area contributed by atoms with Gasteiger partial charge in [-0.2, -0.15) is 0 Å². The largest absolute Gasteiger partial charge is 0.452 e.